The van der Waals surface area contributed by atoms with Gasteiger partial charge in [-0.25, -0.2) is 14.4 Å². The van der Waals surface area contributed by atoms with E-state index in [1.54, 1.807) is 59.8 Å². The van der Waals surface area contributed by atoms with Gasteiger partial charge in [-0.15, -0.1) is 0 Å². The van der Waals surface area contributed by atoms with E-state index in [1.807, 2.05) is 40.8 Å². The highest BCUT2D eigenvalue weighted by molar-refractivity contribution is 6.74. The van der Waals surface area contributed by atoms with Crippen molar-refractivity contribution in [3.63, 3.8) is 0 Å². The van der Waals surface area contributed by atoms with Crippen LogP contribution in [0.4, 0.5) is 10.5 Å². The van der Waals surface area contributed by atoms with E-state index >= 15 is 0 Å². The van der Waals surface area contributed by atoms with Crippen LogP contribution in [0.3, 0.4) is 0 Å². The molecule has 2 heterocycles. The van der Waals surface area contributed by atoms with E-state index in [9.17, 15) is 24.3 Å². The van der Waals surface area contributed by atoms with Gasteiger partial charge in [-0.2, -0.15) is 5.06 Å². The molecule has 13 heteroatoms. The standard InChI is InChI=1S/C35H51NO11Si/c1-21-16-17-25(37)30-26(44-35(9,10)45-30)15-13-14-23-18-24(36(42-20-28(38)39)32(41)46-33(3,4)5)19-27(29(23)31(40)43-22(21)2)47-48(11,12)34(6,7)8/h13-14,16-19,21-22,26,30H,15,20H2,1-12H3,(H,38,39)/b14-13+,17-16-/t21-,22+,26+,30-/m1/s1. The van der Waals surface area contributed by atoms with Gasteiger partial charge in [-0.1, -0.05) is 45.9 Å². The number of hydrogen-bond donors (Lipinski definition) is 1. The molecule has 0 spiro atoms. The Hall–Kier alpha value is -3.52. The van der Waals surface area contributed by atoms with Crippen molar-refractivity contribution in [1.82, 2.24) is 0 Å². The van der Waals surface area contributed by atoms with Crippen molar-refractivity contribution in [3.05, 3.63) is 41.5 Å². The molecule has 0 saturated carbocycles. The first-order chi connectivity index (χ1) is 21.9. The molecule has 1 saturated heterocycles. The van der Waals surface area contributed by atoms with Gasteiger partial charge in [0, 0.05) is 12.0 Å². The van der Waals surface area contributed by atoms with E-state index < -0.39 is 62.7 Å². The van der Waals surface area contributed by atoms with Crippen LogP contribution in [0.15, 0.2) is 30.4 Å². The third kappa shape index (κ3) is 10.0. The number of hydroxylamine groups is 1. The van der Waals surface area contributed by atoms with Gasteiger partial charge >= 0.3 is 18.0 Å². The van der Waals surface area contributed by atoms with Gasteiger partial charge in [-0.3, -0.25) is 9.63 Å². The van der Waals surface area contributed by atoms with Gasteiger partial charge < -0.3 is 28.5 Å². The fourth-order valence-corrected chi connectivity index (χ4v) is 5.68. The SMILES string of the molecule is C[C@@H]1/C=C\C(=O)[C@H]2OC(C)(C)O[C@H]2C/C=C/c2cc(N(OCC(=O)O)C(=O)OC(C)(C)C)cc(O[Si](C)(C)C(C)(C)C)c2C(=O)O[C@H]1C. The number of aliphatic carboxylic acids is 1. The zero-order valence-electron chi connectivity index (χ0n) is 30.2. The lowest BCUT2D eigenvalue weighted by atomic mass is 9.99. The van der Waals surface area contributed by atoms with Crippen LogP contribution in [-0.4, -0.2) is 73.5 Å². The summed E-state index contributed by atoms with van der Waals surface area (Å²) in [6, 6.07) is 2.96. The smallest absolute Gasteiger partial charge is 0.439 e. The fourth-order valence-electron chi connectivity index (χ4n) is 4.66. The average molecular weight is 690 g/mol. The van der Waals surface area contributed by atoms with E-state index in [2.05, 4.69) is 0 Å². The molecule has 0 unspecified atom stereocenters. The molecule has 0 bridgehead atoms. The molecule has 1 fully saturated rings. The summed E-state index contributed by atoms with van der Waals surface area (Å²) < 4.78 is 30.3. The van der Waals surface area contributed by atoms with Gasteiger partial charge in [0.05, 0.1) is 11.8 Å². The summed E-state index contributed by atoms with van der Waals surface area (Å²) in [7, 11) is -2.64. The summed E-state index contributed by atoms with van der Waals surface area (Å²) >= 11 is 0. The maximum Gasteiger partial charge on any atom is 0.439 e. The highest BCUT2D eigenvalue weighted by Gasteiger charge is 2.44. The Labute approximate surface area is 284 Å². The van der Waals surface area contributed by atoms with Crippen molar-refractivity contribution in [3.8, 4) is 5.75 Å². The number of carbonyl (C=O) groups excluding carboxylic acids is 3. The number of carboxylic acids is 1. The van der Waals surface area contributed by atoms with E-state index in [-0.39, 0.29) is 40.2 Å². The van der Waals surface area contributed by atoms with Crippen LogP contribution in [-0.2, 0) is 33.4 Å². The number of carboxylic acid groups (broad SMARTS) is 1. The van der Waals surface area contributed by atoms with Crippen LogP contribution in [0.5, 0.6) is 5.75 Å². The van der Waals surface area contributed by atoms with E-state index in [4.69, 9.17) is 28.2 Å². The molecular weight excluding hydrogens is 638 g/mol. The maximum absolute atomic E-state index is 14.1. The van der Waals surface area contributed by atoms with Crippen LogP contribution >= 0.6 is 0 Å². The Bertz CT molecular complexity index is 1450. The van der Waals surface area contributed by atoms with Crippen molar-refractivity contribution in [2.45, 2.75) is 123 Å². The second-order valence-electron chi connectivity index (χ2n) is 15.2. The Kier molecular flexibility index (Phi) is 11.8. The number of carbonyl (C=O) groups is 4. The summed E-state index contributed by atoms with van der Waals surface area (Å²) in [6.45, 7) is 21.3. The van der Waals surface area contributed by atoms with Gasteiger partial charge in [-0.05, 0) is 83.8 Å². The summed E-state index contributed by atoms with van der Waals surface area (Å²) in [4.78, 5) is 57.6. The molecule has 1 amide bonds. The molecular formula is C35H51NO11Si. The van der Waals surface area contributed by atoms with Gasteiger partial charge in [0.25, 0.3) is 8.32 Å². The van der Waals surface area contributed by atoms with Crippen LogP contribution in [0.2, 0.25) is 18.1 Å². The number of amides is 1. The number of rotatable bonds is 6. The number of nitrogens with zero attached hydrogens (tertiary/aromatic N) is 1. The van der Waals surface area contributed by atoms with Crippen molar-refractivity contribution in [1.29, 1.82) is 0 Å². The quantitative estimate of drug-likeness (QED) is 0.186. The average Bonchev–Trinajstić information content (AvgIpc) is 3.23. The number of fused-ring (bicyclic) bond motifs is 2. The number of ketones is 1. The zero-order valence-corrected chi connectivity index (χ0v) is 31.2. The minimum absolute atomic E-state index is 0.0653. The van der Waals surface area contributed by atoms with Crippen molar-refractivity contribution in [2.75, 3.05) is 11.7 Å². The second kappa shape index (κ2) is 14.5. The molecule has 1 aromatic rings. The number of anilines is 1. The lowest BCUT2D eigenvalue weighted by Gasteiger charge is -2.37. The lowest BCUT2D eigenvalue weighted by Crippen LogP contribution is -2.44. The molecule has 3 rings (SSSR count). The Morgan fingerprint density at radius 1 is 1.04 bits per heavy atom. The topological polar surface area (TPSA) is 147 Å². The molecule has 48 heavy (non-hydrogen) atoms. The number of benzene rings is 1. The monoisotopic (exact) mass is 689 g/mol. The van der Waals surface area contributed by atoms with Crippen molar-refractivity contribution < 1.29 is 52.5 Å². The maximum atomic E-state index is 14.1. The summed E-state index contributed by atoms with van der Waals surface area (Å²) in [5, 5.41) is 9.85. The van der Waals surface area contributed by atoms with Gasteiger partial charge in [0.2, 0.25) is 0 Å². The molecule has 1 aromatic carbocycles. The predicted molar refractivity (Wildman–Crippen MR) is 182 cm³/mol. The van der Waals surface area contributed by atoms with E-state index in [1.165, 1.54) is 18.2 Å². The summed E-state index contributed by atoms with van der Waals surface area (Å²) in [5.41, 5.74) is -0.465. The van der Waals surface area contributed by atoms with Crippen LogP contribution in [0.25, 0.3) is 6.08 Å². The molecule has 266 valence electrons. The van der Waals surface area contributed by atoms with E-state index in [0.717, 1.165) is 5.06 Å². The molecule has 1 N–H and O–H groups in total. The summed E-state index contributed by atoms with van der Waals surface area (Å²) in [6.07, 6.45) is 3.66. The highest BCUT2D eigenvalue weighted by Crippen LogP contribution is 2.41. The third-order valence-electron chi connectivity index (χ3n) is 8.33. The zero-order chi connectivity index (χ0) is 36.4. The second-order valence-corrected chi connectivity index (χ2v) is 19.9. The Balaban J connectivity index is 2.31. The molecule has 12 nitrogen and oxygen atoms in total. The normalized spacial score (nSPS) is 24.8. The minimum atomic E-state index is -2.64. The number of hydrogen-bond acceptors (Lipinski definition) is 10. The van der Waals surface area contributed by atoms with Gasteiger partial charge in [0.15, 0.2) is 18.2 Å². The molecule has 2 aliphatic rings. The molecule has 2 aliphatic heterocycles. The largest absolute Gasteiger partial charge is 0.543 e. The van der Waals surface area contributed by atoms with Crippen LogP contribution in [0, 0.1) is 5.92 Å². The minimum Gasteiger partial charge on any atom is -0.543 e. The number of ether oxygens (including phenoxy) is 4. The molecule has 0 aromatic heterocycles. The first-order valence-corrected chi connectivity index (χ1v) is 19.0. The number of esters is 1. The third-order valence-corrected chi connectivity index (χ3v) is 12.7. The Morgan fingerprint density at radius 3 is 2.27 bits per heavy atom. The first kappa shape index (κ1) is 38.9. The lowest BCUT2D eigenvalue weighted by molar-refractivity contribution is -0.152. The van der Waals surface area contributed by atoms with E-state index in [0.29, 0.717) is 5.56 Å². The first-order valence-electron chi connectivity index (χ1n) is 16.1. The van der Waals surface area contributed by atoms with Crippen LogP contribution in [0.1, 0.15) is 91.6 Å². The highest BCUT2D eigenvalue weighted by atomic mass is 28.4. The predicted octanol–water partition coefficient (Wildman–Crippen LogP) is 7.07. The van der Waals surface area contributed by atoms with Crippen molar-refractivity contribution >= 4 is 43.9 Å². The van der Waals surface area contributed by atoms with Crippen LogP contribution < -0.4 is 9.49 Å². The van der Waals surface area contributed by atoms with Crippen molar-refractivity contribution in [2.24, 2.45) is 5.92 Å². The Morgan fingerprint density at radius 2 is 1.69 bits per heavy atom. The molecule has 4 atom stereocenters. The van der Waals surface area contributed by atoms with Gasteiger partial charge in [0.1, 0.15) is 29.1 Å². The molecule has 0 aliphatic carbocycles. The fraction of sp³-hybridized carbons (Fsp3) is 0.600. The summed E-state index contributed by atoms with van der Waals surface area (Å²) in [5.74, 6) is -3.47. The number of cyclic esters (lactones) is 1. The molecule has 0 radical (unpaired) electrons.